The number of hydrogen-bond donors (Lipinski definition) is 1. The van der Waals surface area contributed by atoms with Gasteiger partial charge >= 0.3 is 6.09 Å². The second kappa shape index (κ2) is 7.58. The van der Waals surface area contributed by atoms with Crippen LogP contribution in [0.1, 0.15) is 48.0 Å². The molecule has 1 heterocycles. The summed E-state index contributed by atoms with van der Waals surface area (Å²) in [5, 5.41) is 9.24. The third kappa shape index (κ3) is 5.60. The summed E-state index contributed by atoms with van der Waals surface area (Å²) in [6, 6.07) is -0.193. The predicted molar refractivity (Wildman–Crippen MR) is 99.6 cm³/mol. The summed E-state index contributed by atoms with van der Waals surface area (Å²) in [5.74, 6) is 0. The maximum Gasteiger partial charge on any atom is 0.410 e. The van der Waals surface area contributed by atoms with E-state index in [9.17, 15) is 4.79 Å². The molecule has 0 aromatic rings. The third-order valence-corrected chi connectivity index (χ3v) is 9.22. The van der Waals surface area contributed by atoms with Gasteiger partial charge in [0.2, 0.25) is 0 Å². The van der Waals surface area contributed by atoms with E-state index < -0.39 is 13.9 Å². The number of aliphatic hydroxyl groups excluding tert-OH is 1. The molecular weight excluding hydrogens is 322 g/mol. The predicted octanol–water partition coefficient (Wildman–Crippen LogP) is 3.93. The second-order valence-corrected chi connectivity index (χ2v) is 13.7. The molecule has 1 rings (SSSR count). The molecule has 0 saturated carbocycles. The van der Waals surface area contributed by atoms with Gasteiger partial charge in [0.05, 0.1) is 18.8 Å². The van der Waals surface area contributed by atoms with Gasteiger partial charge in [-0.25, -0.2) is 4.79 Å². The molecule has 24 heavy (non-hydrogen) atoms. The number of ether oxygens (including phenoxy) is 1. The normalized spacial score (nSPS) is 23.1. The van der Waals surface area contributed by atoms with E-state index in [1.807, 2.05) is 26.8 Å². The first-order chi connectivity index (χ1) is 10.8. The maximum atomic E-state index is 12.5. The topological polar surface area (TPSA) is 59.0 Å². The van der Waals surface area contributed by atoms with Gasteiger partial charge < -0.3 is 14.3 Å². The van der Waals surface area contributed by atoms with Crippen LogP contribution in [-0.4, -0.2) is 55.3 Å². The molecule has 140 valence electrons. The standard InChI is InChI=1S/C18H35NO4Si/c1-17(2,3)22-16(21)19-12-11-15(14(19)10-9-13-20)23-24(7,8)18(4,5)6/h9-10,14-15,20H,11-13H2,1-8H3/b10-9+/t14-,15+/m1/s1. The van der Waals surface area contributed by atoms with Gasteiger partial charge in [-0.2, -0.15) is 0 Å². The van der Waals surface area contributed by atoms with Crippen LogP contribution in [0.5, 0.6) is 0 Å². The van der Waals surface area contributed by atoms with Crippen LogP contribution in [-0.2, 0) is 9.16 Å². The number of aliphatic hydroxyl groups is 1. The Balaban J connectivity index is 2.95. The minimum absolute atomic E-state index is 0.0501. The molecule has 0 bridgehead atoms. The average Bonchev–Trinajstić information content (AvgIpc) is 2.75. The van der Waals surface area contributed by atoms with Gasteiger partial charge in [-0.05, 0) is 45.3 Å². The molecule has 6 heteroatoms. The molecule has 0 aliphatic carbocycles. The van der Waals surface area contributed by atoms with Crippen molar-refractivity contribution in [1.82, 2.24) is 4.90 Å². The van der Waals surface area contributed by atoms with Gasteiger partial charge in [-0.1, -0.05) is 32.9 Å². The van der Waals surface area contributed by atoms with Crippen LogP contribution in [0.2, 0.25) is 18.1 Å². The molecule has 0 aromatic carbocycles. The first-order valence-corrected chi connectivity index (χ1v) is 11.6. The fraction of sp³-hybridized carbons (Fsp3) is 0.833. The van der Waals surface area contributed by atoms with Crippen LogP contribution in [0, 0.1) is 0 Å². The number of hydrogen-bond acceptors (Lipinski definition) is 4. The molecule has 5 nitrogen and oxygen atoms in total. The number of carbonyl (C=O) groups is 1. The van der Waals surface area contributed by atoms with Crippen molar-refractivity contribution in [3.63, 3.8) is 0 Å². The molecule has 1 saturated heterocycles. The van der Waals surface area contributed by atoms with Gasteiger partial charge in [-0.3, -0.25) is 4.90 Å². The zero-order valence-corrected chi connectivity index (χ0v) is 17.5. The summed E-state index contributed by atoms with van der Waals surface area (Å²) in [5.41, 5.74) is -0.527. The zero-order chi connectivity index (χ0) is 18.8. The minimum Gasteiger partial charge on any atom is -0.444 e. The van der Waals surface area contributed by atoms with E-state index >= 15 is 0 Å². The van der Waals surface area contributed by atoms with E-state index in [1.165, 1.54) is 0 Å². The van der Waals surface area contributed by atoms with Crippen molar-refractivity contribution < 1.29 is 19.1 Å². The summed E-state index contributed by atoms with van der Waals surface area (Å²) >= 11 is 0. The van der Waals surface area contributed by atoms with Gasteiger partial charge in [0.15, 0.2) is 8.32 Å². The SMILES string of the molecule is CC(C)(C)OC(=O)N1CC[C@H](O[Si](C)(C)C(C)(C)C)[C@H]1/C=C/CO. The van der Waals surface area contributed by atoms with E-state index in [2.05, 4.69) is 33.9 Å². The van der Waals surface area contributed by atoms with Crippen molar-refractivity contribution in [2.75, 3.05) is 13.2 Å². The van der Waals surface area contributed by atoms with Gasteiger partial charge in [0, 0.05) is 6.54 Å². The molecule has 0 aromatic heterocycles. The van der Waals surface area contributed by atoms with Crippen LogP contribution in [0.4, 0.5) is 4.79 Å². The Labute approximate surface area is 148 Å². The number of nitrogens with zero attached hydrogens (tertiary/aromatic N) is 1. The Morgan fingerprint density at radius 1 is 1.25 bits per heavy atom. The molecule has 0 radical (unpaired) electrons. The zero-order valence-electron chi connectivity index (χ0n) is 16.5. The molecular formula is C18H35NO4Si. The lowest BCUT2D eigenvalue weighted by Gasteiger charge is -2.40. The van der Waals surface area contributed by atoms with Gasteiger partial charge in [0.25, 0.3) is 0 Å². The van der Waals surface area contributed by atoms with Crippen molar-refractivity contribution in [3.8, 4) is 0 Å². The van der Waals surface area contributed by atoms with Crippen molar-refractivity contribution >= 4 is 14.4 Å². The molecule has 1 aliphatic rings. The van der Waals surface area contributed by atoms with E-state index in [0.717, 1.165) is 6.42 Å². The third-order valence-electron chi connectivity index (χ3n) is 4.71. The first-order valence-electron chi connectivity index (χ1n) is 8.73. The van der Waals surface area contributed by atoms with Crippen LogP contribution in [0.15, 0.2) is 12.2 Å². The fourth-order valence-electron chi connectivity index (χ4n) is 2.43. The highest BCUT2D eigenvalue weighted by molar-refractivity contribution is 6.74. The monoisotopic (exact) mass is 357 g/mol. The summed E-state index contributed by atoms with van der Waals surface area (Å²) in [6.45, 7) is 17.2. The number of amides is 1. The molecule has 0 spiro atoms. The van der Waals surface area contributed by atoms with Crippen molar-refractivity contribution in [1.29, 1.82) is 0 Å². The summed E-state index contributed by atoms with van der Waals surface area (Å²) in [4.78, 5) is 14.2. The van der Waals surface area contributed by atoms with E-state index in [-0.39, 0.29) is 29.9 Å². The summed E-state index contributed by atoms with van der Waals surface area (Å²) < 4.78 is 12.1. The number of likely N-dealkylation sites (tertiary alicyclic amines) is 1. The first kappa shape index (κ1) is 21.2. The Hall–Kier alpha value is -0.853. The Morgan fingerprint density at radius 2 is 1.83 bits per heavy atom. The van der Waals surface area contributed by atoms with E-state index in [1.54, 1.807) is 11.0 Å². The average molecular weight is 358 g/mol. The number of rotatable bonds is 4. The van der Waals surface area contributed by atoms with Crippen molar-refractivity contribution in [2.45, 2.75) is 83.8 Å². The Kier molecular flexibility index (Phi) is 6.69. The lowest BCUT2D eigenvalue weighted by molar-refractivity contribution is 0.0212. The second-order valence-electron chi connectivity index (χ2n) is 8.98. The molecule has 1 fully saturated rings. The fourth-order valence-corrected chi connectivity index (χ4v) is 3.80. The molecule has 1 aliphatic heterocycles. The van der Waals surface area contributed by atoms with Crippen LogP contribution < -0.4 is 0 Å². The Morgan fingerprint density at radius 3 is 2.29 bits per heavy atom. The molecule has 1 amide bonds. The quantitative estimate of drug-likeness (QED) is 0.612. The van der Waals surface area contributed by atoms with Crippen LogP contribution in [0.3, 0.4) is 0 Å². The lowest BCUT2D eigenvalue weighted by atomic mass is 10.1. The Bertz CT molecular complexity index is 463. The maximum absolute atomic E-state index is 12.5. The molecule has 0 unspecified atom stereocenters. The van der Waals surface area contributed by atoms with Crippen LogP contribution in [0.25, 0.3) is 0 Å². The van der Waals surface area contributed by atoms with Gasteiger partial charge in [-0.15, -0.1) is 0 Å². The number of carbonyl (C=O) groups excluding carboxylic acids is 1. The highest BCUT2D eigenvalue weighted by Gasteiger charge is 2.45. The largest absolute Gasteiger partial charge is 0.444 e. The van der Waals surface area contributed by atoms with Crippen molar-refractivity contribution in [2.24, 2.45) is 0 Å². The van der Waals surface area contributed by atoms with Gasteiger partial charge in [0.1, 0.15) is 5.60 Å². The van der Waals surface area contributed by atoms with Crippen LogP contribution >= 0.6 is 0 Å². The highest BCUT2D eigenvalue weighted by Crippen LogP contribution is 2.39. The summed E-state index contributed by atoms with van der Waals surface area (Å²) in [7, 11) is -1.94. The summed E-state index contributed by atoms with van der Waals surface area (Å²) in [6.07, 6.45) is 3.95. The van der Waals surface area contributed by atoms with E-state index in [0.29, 0.717) is 6.54 Å². The molecule has 2 atom stereocenters. The smallest absolute Gasteiger partial charge is 0.410 e. The molecule has 1 N–H and O–H groups in total. The highest BCUT2D eigenvalue weighted by atomic mass is 28.4. The lowest BCUT2D eigenvalue weighted by Crippen LogP contribution is -2.48. The van der Waals surface area contributed by atoms with E-state index in [4.69, 9.17) is 14.3 Å². The van der Waals surface area contributed by atoms with Crippen molar-refractivity contribution in [3.05, 3.63) is 12.2 Å². The minimum atomic E-state index is -1.94.